The van der Waals surface area contributed by atoms with Crippen LogP contribution in [0.2, 0.25) is 0 Å². The van der Waals surface area contributed by atoms with E-state index in [-0.39, 0.29) is 21.2 Å². The molecule has 0 amide bonds. The van der Waals surface area contributed by atoms with Crippen LogP contribution in [0.5, 0.6) is 17.2 Å². The monoisotopic (exact) mass is 469 g/mol. The maximum absolute atomic E-state index is 5.83. The molecule has 2 aromatic carbocycles. The van der Waals surface area contributed by atoms with Gasteiger partial charge in [0.2, 0.25) is 3.57 Å². The van der Waals surface area contributed by atoms with Crippen molar-refractivity contribution < 1.29 is 35.4 Å². The molecule has 2 aromatic rings. The van der Waals surface area contributed by atoms with Crippen LogP contribution in [0.3, 0.4) is 0 Å². The summed E-state index contributed by atoms with van der Waals surface area (Å²) in [6.45, 7) is 8.37. The molecule has 0 unspecified atom stereocenters. The molecular formula is C22H30IO3+. The Labute approximate surface area is 168 Å². The van der Waals surface area contributed by atoms with Crippen molar-refractivity contribution >= 4 is 0 Å². The van der Waals surface area contributed by atoms with Gasteiger partial charge in [0.1, 0.15) is 11.5 Å². The Hall–Kier alpha value is -1.43. The van der Waals surface area contributed by atoms with Gasteiger partial charge in [-0.05, 0) is 56.7 Å². The van der Waals surface area contributed by atoms with Crippen molar-refractivity contribution in [3.63, 3.8) is 0 Å². The van der Waals surface area contributed by atoms with Gasteiger partial charge in [-0.25, -0.2) is 0 Å². The third-order valence-electron chi connectivity index (χ3n) is 3.80. The number of rotatable bonds is 12. The Kier molecular flexibility index (Phi) is 9.67. The third kappa shape index (κ3) is 7.06. The normalized spacial score (nSPS) is 10.6. The molecule has 0 atom stereocenters. The van der Waals surface area contributed by atoms with Gasteiger partial charge in [0.15, 0.2) is 9.32 Å². The minimum atomic E-state index is -0.299. The zero-order valence-corrected chi connectivity index (χ0v) is 18.3. The van der Waals surface area contributed by atoms with Crippen molar-refractivity contribution in [1.29, 1.82) is 0 Å². The van der Waals surface area contributed by atoms with Crippen LogP contribution in [-0.2, 0) is 0 Å². The van der Waals surface area contributed by atoms with E-state index >= 15 is 0 Å². The second kappa shape index (κ2) is 12.0. The van der Waals surface area contributed by atoms with Gasteiger partial charge >= 0.3 is 21.2 Å². The lowest BCUT2D eigenvalue weighted by molar-refractivity contribution is -0.598. The van der Waals surface area contributed by atoms with Crippen LogP contribution < -0.4 is 35.4 Å². The second-order valence-electron chi connectivity index (χ2n) is 5.92. The summed E-state index contributed by atoms with van der Waals surface area (Å²) >= 11 is -0.299. The average molecular weight is 469 g/mol. The first-order valence-electron chi connectivity index (χ1n) is 9.54. The summed E-state index contributed by atoms with van der Waals surface area (Å²) < 4.78 is 19.9. The predicted octanol–water partition coefficient (Wildman–Crippen LogP) is 2.57. The van der Waals surface area contributed by atoms with Crippen LogP contribution >= 0.6 is 0 Å². The fourth-order valence-corrected chi connectivity index (χ4v) is 4.84. The lowest BCUT2D eigenvalue weighted by Gasteiger charge is -2.07. The van der Waals surface area contributed by atoms with Crippen LogP contribution in [0.1, 0.15) is 46.5 Å². The molecule has 0 saturated heterocycles. The number of unbranched alkanes of at least 4 members (excludes halogenated alkanes) is 3. The Morgan fingerprint density at radius 3 is 2.15 bits per heavy atom. The SMILES string of the molecule is CCCCCCOc1ccc([I+]c2ccc(OCC)cc2OCC)cc1. The van der Waals surface area contributed by atoms with Gasteiger partial charge in [-0.2, -0.15) is 0 Å². The van der Waals surface area contributed by atoms with Gasteiger partial charge in [0, 0.05) is 6.07 Å². The molecule has 2 rings (SSSR count). The zero-order chi connectivity index (χ0) is 18.6. The van der Waals surface area contributed by atoms with Crippen LogP contribution in [-0.4, -0.2) is 19.8 Å². The molecule has 0 fully saturated rings. The van der Waals surface area contributed by atoms with E-state index < -0.39 is 0 Å². The molecule has 0 saturated carbocycles. The maximum Gasteiger partial charge on any atom is 0.362 e. The van der Waals surface area contributed by atoms with Crippen molar-refractivity contribution in [2.45, 2.75) is 46.5 Å². The van der Waals surface area contributed by atoms with Crippen LogP contribution in [0.15, 0.2) is 42.5 Å². The highest BCUT2D eigenvalue weighted by Crippen LogP contribution is 2.19. The highest BCUT2D eigenvalue weighted by Gasteiger charge is 2.22. The predicted molar refractivity (Wildman–Crippen MR) is 102 cm³/mol. The number of hydrogen-bond acceptors (Lipinski definition) is 3. The van der Waals surface area contributed by atoms with E-state index in [0.717, 1.165) is 30.3 Å². The van der Waals surface area contributed by atoms with Crippen molar-refractivity contribution in [2.75, 3.05) is 19.8 Å². The van der Waals surface area contributed by atoms with E-state index in [0.29, 0.717) is 13.2 Å². The minimum absolute atomic E-state index is 0.299. The molecule has 0 spiro atoms. The first kappa shape index (κ1) is 20.9. The highest BCUT2D eigenvalue weighted by molar-refractivity contribution is 5.32. The summed E-state index contributed by atoms with van der Waals surface area (Å²) in [6, 6.07) is 14.7. The van der Waals surface area contributed by atoms with E-state index in [1.807, 2.05) is 26.0 Å². The third-order valence-corrected chi connectivity index (χ3v) is 6.62. The fraction of sp³-hybridized carbons (Fsp3) is 0.455. The average Bonchev–Trinajstić information content (AvgIpc) is 2.65. The molecule has 0 N–H and O–H groups in total. The van der Waals surface area contributed by atoms with Crippen molar-refractivity contribution in [3.8, 4) is 17.2 Å². The summed E-state index contributed by atoms with van der Waals surface area (Å²) in [7, 11) is 0. The molecule has 0 bridgehead atoms. The summed E-state index contributed by atoms with van der Waals surface area (Å²) in [5.41, 5.74) is 0. The van der Waals surface area contributed by atoms with Crippen LogP contribution in [0.4, 0.5) is 0 Å². The Morgan fingerprint density at radius 2 is 1.46 bits per heavy atom. The lowest BCUT2D eigenvalue weighted by atomic mass is 10.2. The van der Waals surface area contributed by atoms with Crippen LogP contribution in [0, 0.1) is 7.14 Å². The topological polar surface area (TPSA) is 27.7 Å². The Balaban J connectivity index is 1.95. The van der Waals surface area contributed by atoms with Gasteiger partial charge in [0.25, 0.3) is 0 Å². The summed E-state index contributed by atoms with van der Waals surface area (Å²) in [5.74, 6) is 2.78. The van der Waals surface area contributed by atoms with Crippen molar-refractivity contribution in [2.24, 2.45) is 0 Å². The van der Waals surface area contributed by atoms with Gasteiger partial charge in [-0.1, -0.05) is 26.2 Å². The standard InChI is InChI=1S/C22H30IO3/c1-4-7-8-9-16-26-19-12-10-18(11-13-19)23-21-15-14-20(24-5-2)17-22(21)25-6-3/h10-15,17H,4-9,16H2,1-3H3/q+1. The first-order chi connectivity index (χ1) is 12.8. The number of benzene rings is 2. The molecule has 0 aliphatic rings. The minimum Gasteiger partial charge on any atom is -0.494 e. The van der Waals surface area contributed by atoms with Crippen molar-refractivity contribution in [3.05, 3.63) is 49.6 Å². The smallest absolute Gasteiger partial charge is 0.362 e. The van der Waals surface area contributed by atoms with Crippen LogP contribution in [0.25, 0.3) is 0 Å². The van der Waals surface area contributed by atoms with E-state index in [1.165, 1.54) is 26.4 Å². The van der Waals surface area contributed by atoms with Crippen molar-refractivity contribution in [1.82, 2.24) is 0 Å². The molecule has 3 nitrogen and oxygen atoms in total. The largest absolute Gasteiger partial charge is 0.494 e. The van der Waals surface area contributed by atoms with Gasteiger partial charge in [-0.3, -0.25) is 0 Å². The highest BCUT2D eigenvalue weighted by atomic mass is 127. The Bertz CT molecular complexity index is 640. The van der Waals surface area contributed by atoms with Gasteiger partial charge < -0.3 is 14.2 Å². The molecule has 26 heavy (non-hydrogen) atoms. The van der Waals surface area contributed by atoms with E-state index in [4.69, 9.17) is 14.2 Å². The van der Waals surface area contributed by atoms with E-state index in [9.17, 15) is 0 Å². The van der Waals surface area contributed by atoms with E-state index in [1.54, 1.807) is 0 Å². The van der Waals surface area contributed by atoms with Gasteiger partial charge in [-0.15, -0.1) is 0 Å². The molecule has 0 aromatic heterocycles. The number of halogens is 1. The molecule has 0 aliphatic carbocycles. The molecule has 142 valence electrons. The Morgan fingerprint density at radius 1 is 0.731 bits per heavy atom. The summed E-state index contributed by atoms with van der Waals surface area (Å²) in [5, 5.41) is 0. The summed E-state index contributed by atoms with van der Waals surface area (Å²) in [6.07, 6.45) is 4.93. The van der Waals surface area contributed by atoms with E-state index in [2.05, 4.69) is 37.3 Å². The second-order valence-corrected chi connectivity index (χ2v) is 8.86. The molecule has 4 heteroatoms. The summed E-state index contributed by atoms with van der Waals surface area (Å²) in [4.78, 5) is 0. The first-order valence-corrected chi connectivity index (χ1v) is 11.7. The molecule has 0 heterocycles. The lowest BCUT2D eigenvalue weighted by Crippen LogP contribution is -3.61. The quantitative estimate of drug-likeness (QED) is 0.354. The zero-order valence-electron chi connectivity index (χ0n) is 16.1. The molecular weight excluding hydrogens is 439 g/mol. The molecule has 0 aliphatic heterocycles. The molecule has 0 radical (unpaired) electrons. The maximum atomic E-state index is 5.83. The van der Waals surface area contributed by atoms with Gasteiger partial charge in [0.05, 0.1) is 19.8 Å². The fourth-order valence-electron chi connectivity index (χ4n) is 2.51. The number of ether oxygens (including phenoxy) is 3. The number of hydrogen-bond donors (Lipinski definition) is 0.